The molecule has 0 aliphatic carbocycles. The Hall–Kier alpha value is -2.84. The van der Waals surface area contributed by atoms with E-state index in [1.54, 1.807) is 0 Å². The SMILES string of the molecule is Brc1ccccc1-n1c2ccccc2c2cccc(-c3ccccc3)c21. The summed E-state index contributed by atoms with van der Waals surface area (Å²) in [7, 11) is 0. The second-order valence-electron chi connectivity index (χ2n) is 6.37. The Labute approximate surface area is 160 Å². The third kappa shape index (κ3) is 2.30. The zero-order valence-corrected chi connectivity index (χ0v) is 15.6. The lowest BCUT2D eigenvalue weighted by molar-refractivity contribution is 1.17. The minimum Gasteiger partial charge on any atom is -0.307 e. The van der Waals surface area contributed by atoms with Crippen molar-refractivity contribution in [3.8, 4) is 16.8 Å². The van der Waals surface area contributed by atoms with Gasteiger partial charge in [0.25, 0.3) is 0 Å². The summed E-state index contributed by atoms with van der Waals surface area (Å²) >= 11 is 3.75. The lowest BCUT2D eigenvalue weighted by Gasteiger charge is -2.13. The van der Waals surface area contributed by atoms with E-state index in [9.17, 15) is 0 Å². The second-order valence-corrected chi connectivity index (χ2v) is 7.23. The summed E-state index contributed by atoms with van der Waals surface area (Å²) < 4.78 is 3.46. The van der Waals surface area contributed by atoms with E-state index in [1.165, 1.54) is 32.9 Å². The van der Waals surface area contributed by atoms with Crippen LogP contribution < -0.4 is 0 Å². The Kier molecular flexibility index (Phi) is 3.65. The number of halogens is 1. The molecule has 0 aliphatic heterocycles. The van der Waals surface area contributed by atoms with Gasteiger partial charge in [-0.05, 0) is 39.7 Å². The molecule has 0 spiro atoms. The molecule has 0 radical (unpaired) electrons. The number of hydrogen-bond acceptors (Lipinski definition) is 0. The Morgan fingerprint density at radius 3 is 2.12 bits per heavy atom. The molecule has 1 heterocycles. The monoisotopic (exact) mass is 397 g/mol. The van der Waals surface area contributed by atoms with Crippen LogP contribution in [0, 0.1) is 0 Å². The van der Waals surface area contributed by atoms with Crippen molar-refractivity contribution >= 4 is 37.7 Å². The van der Waals surface area contributed by atoms with Gasteiger partial charge in [-0.3, -0.25) is 0 Å². The fraction of sp³-hybridized carbons (Fsp3) is 0. The van der Waals surface area contributed by atoms with E-state index in [2.05, 4.69) is 118 Å². The highest BCUT2D eigenvalue weighted by atomic mass is 79.9. The van der Waals surface area contributed by atoms with Gasteiger partial charge in [-0.25, -0.2) is 0 Å². The molecule has 0 amide bonds. The van der Waals surface area contributed by atoms with Crippen LogP contribution in [0.3, 0.4) is 0 Å². The maximum atomic E-state index is 3.75. The molecule has 1 nitrogen and oxygen atoms in total. The van der Waals surface area contributed by atoms with Gasteiger partial charge in [0, 0.05) is 20.8 Å². The fourth-order valence-corrected chi connectivity index (χ4v) is 4.21. The van der Waals surface area contributed by atoms with Gasteiger partial charge in [-0.1, -0.05) is 78.9 Å². The van der Waals surface area contributed by atoms with Crippen LogP contribution >= 0.6 is 15.9 Å². The molecule has 124 valence electrons. The largest absolute Gasteiger partial charge is 0.307 e. The van der Waals surface area contributed by atoms with Crippen molar-refractivity contribution in [1.29, 1.82) is 0 Å². The highest BCUT2D eigenvalue weighted by Crippen LogP contribution is 2.39. The molecule has 0 fully saturated rings. The van der Waals surface area contributed by atoms with E-state index in [0.717, 1.165) is 10.2 Å². The van der Waals surface area contributed by atoms with Crippen molar-refractivity contribution in [1.82, 2.24) is 4.57 Å². The fourth-order valence-electron chi connectivity index (χ4n) is 3.75. The smallest absolute Gasteiger partial charge is 0.0619 e. The summed E-state index contributed by atoms with van der Waals surface area (Å²) in [5.41, 5.74) is 6.09. The molecule has 0 saturated heterocycles. The summed E-state index contributed by atoms with van der Waals surface area (Å²) in [5, 5.41) is 2.55. The zero-order valence-electron chi connectivity index (χ0n) is 14.1. The standard InChI is InChI=1S/C24H16BrN/c25-21-14-5-7-16-23(21)26-22-15-6-4-11-19(22)20-13-8-12-18(24(20)26)17-9-2-1-3-10-17/h1-16H. The van der Waals surface area contributed by atoms with Crippen LogP contribution in [0.1, 0.15) is 0 Å². The lowest BCUT2D eigenvalue weighted by Crippen LogP contribution is -1.96. The quantitative estimate of drug-likeness (QED) is 0.296. The molecular formula is C24H16BrN. The lowest BCUT2D eigenvalue weighted by atomic mass is 10.0. The van der Waals surface area contributed by atoms with Gasteiger partial charge in [-0.2, -0.15) is 0 Å². The van der Waals surface area contributed by atoms with E-state index in [1.807, 2.05) is 0 Å². The first-order valence-electron chi connectivity index (χ1n) is 8.67. The van der Waals surface area contributed by atoms with Gasteiger partial charge < -0.3 is 4.57 Å². The van der Waals surface area contributed by atoms with E-state index in [-0.39, 0.29) is 0 Å². The first-order valence-corrected chi connectivity index (χ1v) is 9.46. The van der Waals surface area contributed by atoms with Crippen LogP contribution in [0.5, 0.6) is 0 Å². The van der Waals surface area contributed by atoms with Crippen LogP contribution in [-0.4, -0.2) is 4.57 Å². The summed E-state index contributed by atoms with van der Waals surface area (Å²) in [5.74, 6) is 0. The molecule has 5 rings (SSSR count). The normalized spacial score (nSPS) is 11.3. The topological polar surface area (TPSA) is 4.93 Å². The molecule has 0 N–H and O–H groups in total. The van der Waals surface area contributed by atoms with E-state index < -0.39 is 0 Å². The maximum Gasteiger partial charge on any atom is 0.0619 e. The van der Waals surface area contributed by atoms with Gasteiger partial charge in [-0.15, -0.1) is 0 Å². The van der Waals surface area contributed by atoms with Gasteiger partial charge in [0.2, 0.25) is 0 Å². The molecular weight excluding hydrogens is 382 g/mol. The summed E-state index contributed by atoms with van der Waals surface area (Å²) in [6, 6.07) is 34.2. The van der Waals surface area contributed by atoms with Gasteiger partial charge in [0.05, 0.1) is 16.7 Å². The van der Waals surface area contributed by atoms with Crippen molar-refractivity contribution in [2.24, 2.45) is 0 Å². The average Bonchev–Trinajstić information content (AvgIpc) is 3.04. The van der Waals surface area contributed by atoms with Crippen molar-refractivity contribution in [3.63, 3.8) is 0 Å². The summed E-state index contributed by atoms with van der Waals surface area (Å²) in [4.78, 5) is 0. The number of hydrogen-bond donors (Lipinski definition) is 0. The summed E-state index contributed by atoms with van der Waals surface area (Å²) in [6.07, 6.45) is 0. The third-order valence-electron chi connectivity index (χ3n) is 4.87. The third-order valence-corrected chi connectivity index (χ3v) is 5.54. The van der Waals surface area contributed by atoms with Crippen LogP contribution in [0.2, 0.25) is 0 Å². The number of benzene rings is 4. The molecule has 5 aromatic rings. The van der Waals surface area contributed by atoms with Crippen LogP contribution in [0.25, 0.3) is 38.6 Å². The number of para-hydroxylation sites is 3. The molecule has 0 aliphatic rings. The number of aromatic nitrogens is 1. The number of nitrogens with zero attached hydrogens (tertiary/aromatic N) is 1. The zero-order chi connectivity index (χ0) is 17.5. The van der Waals surface area contributed by atoms with E-state index >= 15 is 0 Å². The Balaban J connectivity index is 2.01. The number of rotatable bonds is 2. The maximum absolute atomic E-state index is 3.75. The Morgan fingerprint density at radius 1 is 0.577 bits per heavy atom. The number of fused-ring (bicyclic) bond motifs is 3. The molecule has 2 heteroatoms. The van der Waals surface area contributed by atoms with Gasteiger partial charge in [0.15, 0.2) is 0 Å². The first kappa shape index (κ1) is 15.4. The molecule has 0 unspecified atom stereocenters. The van der Waals surface area contributed by atoms with Crippen LogP contribution in [-0.2, 0) is 0 Å². The van der Waals surface area contributed by atoms with Crippen molar-refractivity contribution in [2.75, 3.05) is 0 Å². The predicted molar refractivity (Wildman–Crippen MR) is 114 cm³/mol. The Bertz CT molecular complexity index is 1240. The minimum absolute atomic E-state index is 1.09. The highest BCUT2D eigenvalue weighted by molar-refractivity contribution is 9.10. The summed E-state index contributed by atoms with van der Waals surface area (Å²) in [6.45, 7) is 0. The van der Waals surface area contributed by atoms with Crippen LogP contribution in [0.4, 0.5) is 0 Å². The van der Waals surface area contributed by atoms with Crippen molar-refractivity contribution in [3.05, 3.63) is 102 Å². The van der Waals surface area contributed by atoms with E-state index in [4.69, 9.17) is 0 Å². The van der Waals surface area contributed by atoms with Crippen molar-refractivity contribution in [2.45, 2.75) is 0 Å². The molecule has 26 heavy (non-hydrogen) atoms. The first-order chi connectivity index (χ1) is 12.8. The van der Waals surface area contributed by atoms with Gasteiger partial charge in [0.1, 0.15) is 0 Å². The highest BCUT2D eigenvalue weighted by Gasteiger charge is 2.16. The molecule has 1 aromatic heterocycles. The minimum atomic E-state index is 1.09. The van der Waals surface area contributed by atoms with Crippen LogP contribution in [0.15, 0.2) is 102 Å². The molecule has 0 saturated carbocycles. The molecule has 0 atom stereocenters. The Morgan fingerprint density at radius 2 is 1.27 bits per heavy atom. The van der Waals surface area contributed by atoms with Crippen molar-refractivity contribution < 1.29 is 0 Å². The molecule has 4 aromatic carbocycles. The second kappa shape index (κ2) is 6.15. The predicted octanol–water partition coefficient (Wildman–Crippen LogP) is 7.21. The van der Waals surface area contributed by atoms with E-state index in [0.29, 0.717) is 0 Å². The average molecular weight is 398 g/mol. The van der Waals surface area contributed by atoms with Gasteiger partial charge >= 0.3 is 0 Å². The molecule has 0 bridgehead atoms.